The molecule has 3 heterocycles. The van der Waals surface area contributed by atoms with E-state index in [-0.39, 0.29) is 26.9 Å². The van der Waals surface area contributed by atoms with Crippen molar-refractivity contribution in [1.29, 1.82) is 0 Å². The molecule has 148 valence electrons. The van der Waals surface area contributed by atoms with E-state index in [0.717, 1.165) is 22.7 Å². The van der Waals surface area contributed by atoms with Crippen LogP contribution in [-0.2, 0) is 24.8 Å². The molecule has 1 aliphatic rings. The van der Waals surface area contributed by atoms with Gasteiger partial charge in [0.25, 0.3) is 10.0 Å². The highest BCUT2D eigenvalue weighted by Gasteiger charge is 2.27. The Hall–Kier alpha value is -1.31. The average molecular weight is 450 g/mol. The van der Waals surface area contributed by atoms with Gasteiger partial charge in [0.15, 0.2) is 0 Å². The van der Waals surface area contributed by atoms with E-state index in [1.807, 2.05) is 0 Å². The lowest BCUT2D eigenvalue weighted by atomic mass is 10.1. The highest BCUT2D eigenvalue weighted by Crippen LogP contribution is 2.19. The Kier molecular flexibility index (Phi) is 6.33. The quantitative estimate of drug-likeness (QED) is 0.656. The smallest absolute Gasteiger partial charge is 0.250 e. The maximum Gasteiger partial charge on any atom is 0.250 e. The fraction of sp³-hybridized carbons (Fsp3) is 0.400. The Bertz CT molecular complexity index is 961. The number of rotatable bonds is 7. The van der Waals surface area contributed by atoms with Gasteiger partial charge in [-0.3, -0.25) is 4.79 Å². The lowest BCUT2D eigenvalue weighted by molar-refractivity contribution is -0.130. The fourth-order valence-electron chi connectivity index (χ4n) is 2.70. The molecule has 2 aromatic heterocycles. The maximum absolute atomic E-state index is 12.3. The number of hydrogen-bond donors (Lipinski definition) is 2. The summed E-state index contributed by atoms with van der Waals surface area (Å²) in [7, 11) is -7.21. The summed E-state index contributed by atoms with van der Waals surface area (Å²) in [6, 6.07) is 6.08. The van der Waals surface area contributed by atoms with Crippen molar-refractivity contribution in [3.05, 3.63) is 35.0 Å². The van der Waals surface area contributed by atoms with E-state index in [1.54, 1.807) is 33.9 Å². The first-order valence-corrected chi connectivity index (χ1v) is 12.9. The monoisotopic (exact) mass is 449 g/mol. The zero-order chi connectivity index (χ0) is 19.5. The summed E-state index contributed by atoms with van der Waals surface area (Å²) in [4.78, 5) is 13.8. The molecule has 12 heteroatoms. The number of nitrogens with one attached hydrogen (secondary N) is 2. The second-order valence-electron chi connectivity index (χ2n) is 5.97. The Balaban J connectivity index is 1.48. The van der Waals surface area contributed by atoms with Crippen molar-refractivity contribution in [3.8, 4) is 0 Å². The van der Waals surface area contributed by atoms with Crippen molar-refractivity contribution in [3.63, 3.8) is 0 Å². The standard InChI is InChI=1S/C15H19N3O5S4/c19-13(11-16-26(20,21)14-3-1-9-24-14)18-7-5-12(6-8-18)17-27(22,23)15-4-2-10-25-15/h1-4,9-10,12,16-17H,5-8,11H2. The van der Waals surface area contributed by atoms with E-state index in [1.165, 1.54) is 6.07 Å². The van der Waals surface area contributed by atoms with Crippen LogP contribution in [0.4, 0.5) is 0 Å². The number of amides is 1. The summed E-state index contributed by atoms with van der Waals surface area (Å²) in [5.41, 5.74) is 0. The third-order valence-electron chi connectivity index (χ3n) is 4.10. The average Bonchev–Trinajstić information content (AvgIpc) is 3.33. The van der Waals surface area contributed by atoms with Crippen molar-refractivity contribution in [2.24, 2.45) is 0 Å². The Morgan fingerprint density at radius 2 is 1.56 bits per heavy atom. The predicted molar refractivity (Wildman–Crippen MR) is 104 cm³/mol. The van der Waals surface area contributed by atoms with Gasteiger partial charge in [0.1, 0.15) is 8.42 Å². The fourth-order valence-corrected chi connectivity index (χ4v) is 7.02. The number of sulfonamides is 2. The number of thiophene rings is 2. The van der Waals surface area contributed by atoms with Crippen LogP contribution < -0.4 is 9.44 Å². The van der Waals surface area contributed by atoms with Crippen molar-refractivity contribution in [2.45, 2.75) is 27.3 Å². The summed E-state index contributed by atoms with van der Waals surface area (Å²) in [5.74, 6) is -0.324. The second kappa shape index (κ2) is 8.37. The number of hydrogen-bond acceptors (Lipinski definition) is 7. The largest absolute Gasteiger partial charge is 0.341 e. The molecule has 0 unspecified atom stereocenters. The van der Waals surface area contributed by atoms with E-state index < -0.39 is 20.0 Å². The molecule has 0 bridgehead atoms. The molecule has 1 saturated heterocycles. The highest BCUT2D eigenvalue weighted by atomic mass is 32.3. The molecule has 0 atom stereocenters. The van der Waals surface area contributed by atoms with Gasteiger partial charge in [0, 0.05) is 19.1 Å². The minimum absolute atomic E-state index is 0.164. The van der Waals surface area contributed by atoms with Crippen LogP contribution in [0.5, 0.6) is 0 Å². The molecule has 1 aliphatic heterocycles. The SMILES string of the molecule is O=C(CNS(=O)(=O)c1cccs1)N1CCC(NS(=O)(=O)c2cccs2)CC1. The van der Waals surface area contributed by atoms with Crippen LogP contribution in [0.3, 0.4) is 0 Å². The molecule has 1 amide bonds. The molecule has 0 saturated carbocycles. The number of carbonyl (C=O) groups excluding carboxylic acids is 1. The Labute approximate surface area is 166 Å². The van der Waals surface area contributed by atoms with Gasteiger partial charge in [0.05, 0.1) is 6.54 Å². The summed E-state index contributed by atoms with van der Waals surface area (Å²) in [6.45, 7) is 0.431. The molecule has 2 aromatic rings. The second-order valence-corrected chi connectivity index (χ2v) is 11.8. The maximum atomic E-state index is 12.3. The minimum Gasteiger partial charge on any atom is -0.341 e. The molecule has 2 N–H and O–H groups in total. The van der Waals surface area contributed by atoms with Gasteiger partial charge in [-0.1, -0.05) is 12.1 Å². The van der Waals surface area contributed by atoms with E-state index in [4.69, 9.17) is 0 Å². The molecule has 0 spiro atoms. The van der Waals surface area contributed by atoms with E-state index in [0.29, 0.717) is 25.9 Å². The van der Waals surface area contributed by atoms with Gasteiger partial charge in [-0.15, -0.1) is 22.7 Å². The molecule has 8 nitrogen and oxygen atoms in total. The molecule has 0 aliphatic carbocycles. The van der Waals surface area contributed by atoms with Gasteiger partial charge < -0.3 is 4.90 Å². The third-order valence-corrected chi connectivity index (χ3v) is 9.82. The molecule has 0 aromatic carbocycles. The molecular weight excluding hydrogens is 430 g/mol. The first-order chi connectivity index (χ1) is 12.8. The lowest BCUT2D eigenvalue weighted by Gasteiger charge is -2.32. The van der Waals surface area contributed by atoms with E-state index in [9.17, 15) is 21.6 Å². The van der Waals surface area contributed by atoms with Gasteiger partial charge in [-0.05, 0) is 35.7 Å². The van der Waals surface area contributed by atoms with Crippen molar-refractivity contribution in [1.82, 2.24) is 14.3 Å². The van der Waals surface area contributed by atoms with Crippen molar-refractivity contribution < 1.29 is 21.6 Å². The number of nitrogens with zero attached hydrogens (tertiary/aromatic N) is 1. The van der Waals surface area contributed by atoms with Gasteiger partial charge >= 0.3 is 0 Å². The molecule has 3 rings (SSSR count). The molecule has 1 fully saturated rings. The topological polar surface area (TPSA) is 113 Å². The minimum atomic E-state index is -3.68. The van der Waals surface area contributed by atoms with Crippen LogP contribution in [0.25, 0.3) is 0 Å². The number of piperidine rings is 1. The van der Waals surface area contributed by atoms with Crippen LogP contribution in [-0.4, -0.2) is 53.3 Å². The van der Waals surface area contributed by atoms with Crippen LogP contribution in [0, 0.1) is 0 Å². The Morgan fingerprint density at radius 3 is 2.07 bits per heavy atom. The van der Waals surface area contributed by atoms with Crippen LogP contribution in [0.15, 0.2) is 43.4 Å². The van der Waals surface area contributed by atoms with Crippen molar-refractivity contribution >= 4 is 48.6 Å². The Morgan fingerprint density at radius 1 is 1.00 bits per heavy atom. The van der Waals surface area contributed by atoms with Gasteiger partial charge in [-0.2, -0.15) is 0 Å². The molecule has 0 radical (unpaired) electrons. The summed E-state index contributed by atoms with van der Waals surface area (Å²) in [6.07, 6.45) is 0.960. The van der Waals surface area contributed by atoms with Gasteiger partial charge in [0.2, 0.25) is 15.9 Å². The van der Waals surface area contributed by atoms with Crippen molar-refractivity contribution in [2.75, 3.05) is 19.6 Å². The number of likely N-dealkylation sites (tertiary alicyclic amines) is 1. The zero-order valence-corrected chi connectivity index (χ0v) is 17.5. The molecular formula is C15H19N3O5S4. The normalized spacial score (nSPS) is 16.5. The summed E-state index contributed by atoms with van der Waals surface area (Å²) in [5, 5.41) is 3.35. The number of carbonyl (C=O) groups is 1. The summed E-state index contributed by atoms with van der Waals surface area (Å²) < 4.78 is 54.0. The third kappa shape index (κ3) is 5.15. The summed E-state index contributed by atoms with van der Waals surface area (Å²) >= 11 is 2.23. The first kappa shape index (κ1) is 20.4. The highest BCUT2D eigenvalue weighted by molar-refractivity contribution is 7.91. The zero-order valence-electron chi connectivity index (χ0n) is 14.2. The van der Waals surface area contributed by atoms with Gasteiger partial charge in [-0.25, -0.2) is 26.3 Å². The van der Waals surface area contributed by atoms with E-state index in [2.05, 4.69) is 9.44 Å². The molecule has 27 heavy (non-hydrogen) atoms. The lowest BCUT2D eigenvalue weighted by Crippen LogP contribution is -2.48. The van der Waals surface area contributed by atoms with Crippen LogP contribution in [0.1, 0.15) is 12.8 Å². The van der Waals surface area contributed by atoms with Crippen LogP contribution >= 0.6 is 22.7 Å². The van der Waals surface area contributed by atoms with E-state index >= 15 is 0 Å². The van der Waals surface area contributed by atoms with Crippen LogP contribution in [0.2, 0.25) is 0 Å². The first-order valence-electron chi connectivity index (χ1n) is 8.15. The predicted octanol–water partition coefficient (Wildman–Crippen LogP) is 1.06.